The summed E-state index contributed by atoms with van der Waals surface area (Å²) in [6.07, 6.45) is -0.558. The molecule has 8 heteroatoms. The van der Waals surface area contributed by atoms with Gasteiger partial charge in [0.2, 0.25) is 0 Å². The largest absolute Gasteiger partial charge is 0.481 e. The number of hydrogen-bond acceptors (Lipinski definition) is 6. The molecule has 2 rings (SSSR count). The Hall–Kier alpha value is -1.51. The molecule has 1 saturated heterocycles. The number of hydrogen-bond donors (Lipinski definition) is 1. The van der Waals surface area contributed by atoms with E-state index in [0.717, 1.165) is 5.01 Å². The van der Waals surface area contributed by atoms with Gasteiger partial charge in [-0.25, -0.2) is 4.98 Å². The molecule has 7 nitrogen and oxygen atoms in total. The van der Waals surface area contributed by atoms with Gasteiger partial charge in [-0.3, -0.25) is 9.59 Å². The Morgan fingerprint density at radius 2 is 2.45 bits per heavy atom. The van der Waals surface area contributed by atoms with Crippen molar-refractivity contribution >= 4 is 23.2 Å². The highest BCUT2D eigenvalue weighted by atomic mass is 32.1. The molecule has 110 valence electrons. The van der Waals surface area contributed by atoms with Crippen molar-refractivity contribution < 1.29 is 24.2 Å². The maximum atomic E-state index is 12.3. The van der Waals surface area contributed by atoms with Crippen molar-refractivity contribution in [1.29, 1.82) is 0 Å². The summed E-state index contributed by atoms with van der Waals surface area (Å²) in [7, 11) is 1.57. The molecular weight excluding hydrogens is 284 g/mol. The first-order valence-electron chi connectivity index (χ1n) is 6.16. The maximum Gasteiger partial charge on any atom is 0.306 e. The molecule has 1 aromatic rings. The van der Waals surface area contributed by atoms with Gasteiger partial charge < -0.3 is 19.5 Å². The summed E-state index contributed by atoms with van der Waals surface area (Å²) in [4.78, 5) is 28.7. The summed E-state index contributed by atoms with van der Waals surface area (Å²) in [6.45, 7) is 1.45. The molecule has 2 heterocycles. The minimum atomic E-state index is -0.930. The van der Waals surface area contributed by atoms with Gasteiger partial charge in [-0.1, -0.05) is 0 Å². The smallest absolute Gasteiger partial charge is 0.306 e. The molecule has 1 fully saturated rings. The van der Waals surface area contributed by atoms with E-state index in [2.05, 4.69) is 4.98 Å². The number of ether oxygens (including phenoxy) is 2. The number of rotatable bonds is 5. The highest BCUT2D eigenvalue weighted by Gasteiger charge is 2.27. The third-order valence-electron chi connectivity index (χ3n) is 2.87. The van der Waals surface area contributed by atoms with Crippen molar-refractivity contribution in [3.05, 3.63) is 16.1 Å². The fourth-order valence-corrected chi connectivity index (χ4v) is 2.72. The second-order valence-corrected chi connectivity index (χ2v) is 5.34. The lowest BCUT2D eigenvalue weighted by molar-refractivity contribution is -0.141. The molecule has 0 spiro atoms. The van der Waals surface area contributed by atoms with E-state index in [4.69, 9.17) is 14.6 Å². The van der Waals surface area contributed by atoms with Gasteiger partial charge in [0.1, 0.15) is 10.7 Å². The summed E-state index contributed by atoms with van der Waals surface area (Å²) in [5, 5.41) is 11.2. The second kappa shape index (κ2) is 6.78. The van der Waals surface area contributed by atoms with E-state index in [1.807, 2.05) is 0 Å². The zero-order chi connectivity index (χ0) is 14.5. The van der Waals surface area contributed by atoms with Crippen LogP contribution in [0.3, 0.4) is 0 Å². The topological polar surface area (TPSA) is 89.0 Å². The molecule has 0 aromatic carbocycles. The van der Waals surface area contributed by atoms with Gasteiger partial charge in [0.05, 0.1) is 25.7 Å². The lowest BCUT2D eigenvalue weighted by Gasteiger charge is -2.31. The van der Waals surface area contributed by atoms with Gasteiger partial charge in [-0.2, -0.15) is 0 Å². The number of carboxylic acids is 1. The normalized spacial score (nSPS) is 19.1. The molecule has 0 saturated carbocycles. The number of aliphatic carboxylic acids is 1. The van der Waals surface area contributed by atoms with E-state index in [9.17, 15) is 9.59 Å². The summed E-state index contributed by atoms with van der Waals surface area (Å²) in [5.74, 6) is -1.12. The van der Waals surface area contributed by atoms with Crippen LogP contribution in [-0.4, -0.2) is 59.8 Å². The van der Waals surface area contributed by atoms with Gasteiger partial charge in [-0.15, -0.1) is 11.3 Å². The Kier molecular flexibility index (Phi) is 5.05. The first-order chi connectivity index (χ1) is 9.60. The summed E-state index contributed by atoms with van der Waals surface area (Å²) >= 11 is 1.37. The Bertz CT molecular complexity index is 490. The minimum absolute atomic E-state index is 0.101. The Labute approximate surface area is 120 Å². The third kappa shape index (κ3) is 3.75. The molecule has 1 N–H and O–H groups in total. The number of methoxy groups -OCH3 is 1. The minimum Gasteiger partial charge on any atom is -0.481 e. The van der Waals surface area contributed by atoms with Crippen LogP contribution in [0.4, 0.5) is 0 Å². The number of carbonyl (C=O) groups excluding carboxylic acids is 1. The van der Waals surface area contributed by atoms with Crippen molar-refractivity contribution in [2.24, 2.45) is 0 Å². The predicted molar refractivity (Wildman–Crippen MR) is 70.7 cm³/mol. The van der Waals surface area contributed by atoms with Crippen LogP contribution in [-0.2, 0) is 20.9 Å². The van der Waals surface area contributed by atoms with Crippen LogP contribution in [0.15, 0.2) is 5.38 Å². The number of carbonyl (C=O) groups is 2. The van der Waals surface area contributed by atoms with Gasteiger partial charge in [0.15, 0.2) is 0 Å². The van der Waals surface area contributed by atoms with Crippen LogP contribution in [0.5, 0.6) is 0 Å². The van der Waals surface area contributed by atoms with Crippen molar-refractivity contribution in [1.82, 2.24) is 9.88 Å². The average molecular weight is 300 g/mol. The fraction of sp³-hybridized carbons (Fsp3) is 0.583. The molecule has 0 bridgehead atoms. The number of thiazole rings is 1. The third-order valence-corrected chi connectivity index (χ3v) is 3.69. The van der Waals surface area contributed by atoms with Gasteiger partial charge in [0.25, 0.3) is 5.91 Å². The number of amides is 1. The first kappa shape index (κ1) is 14.9. The predicted octanol–water partition coefficient (Wildman–Crippen LogP) is 0.605. The number of carboxylic acid groups (broad SMARTS) is 1. The van der Waals surface area contributed by atoms with Crippen molar-refractivity contribution in [2.45, 2.75) is 19.1 Å². The van der Waals surface area contributed by atoms with Gasteiger partial charge in [0, 0.05) is 25.6 Å². The number of nitrogens with zero attached hydrogens (tertiary/aromatic N) is 2. The van der Waals surface area contributed by atoms with Crippen LogP contribution in [0.1, 0.15) is 21.9 Å². The molecule has 1 aliphatic rings. The van der Waals surface area contributed by atoms with Crippen LogP contribution in [0.25, 0.3) is 0 Å². The van der Waals surface area contributed by atoms with Crippen LogP contribution in [0, 0.1) is 0 Å². The Morgan fingerprint density at radius 3 is 3.15 bits per heavy atom. The van der Waals surface area contributed by atoms with E-state index < -0.39 is 12.1 Å². The quantitative estimate of drug-likeness (QED) is 0.857. The standard InChI is InChI=1S/C12H16N2O5S/c1-18-6-10-13-9(7-20-10)12(17)14-2-3-19-8(5-14)4-11(15)16/h7-8H,2-6H2,1H3,(H,15,16). The van der Waals surface area contributed by atoms with E-state index in [1.54, 1.807) is 17.4 Å². The van der Waals surface area contributed by atoms with E-state index in [0.29, 0.717) is 25.5 Å². The lowest BCUT2D eigenvalue weighted by Crippen LogP contribution is -2.46. The molecule has 0 radical (unpaired) electrons. The molecule has 0 aliphatic carbocycles. The molecule has 1 amide bonds. The van der Waals surface area contributed by atoms with Gasteiger partial charge >= 0.3 is 5.97 Å². The Balaban J connectivity index is 1.98. The molecule has 1 unspecified atom stereocenters. The highest BCUT2D eigenvalue weighted by molar-refractivity contribution is 7.09. The molecule has 1 atom stereocenters. The zero-order valence-electron chi connectivity index (χ0n) is 11.1. The van der Waals surface area contributed by atoms with E-state index in [-0.39, 0.29) is 18.9 Å². The van der Waals surface area contributed by atoms with Crippen LogP contribution < -0.4 is 0 Å². The molecule has 1 aliphatic heterocycles. The second-order valence-electron chi connectivity index (χ2n) is 4.40. The maximum absolute atomic E-state index is 12.3. The first-order valence-corrected chi connectivity index (χ1v) is 7.04. The SMILES string of the molecule is COCc1nc(C(=O)N2CCOC(CC(=O)O)C2)cs1. The molecule has 20 heavy (non-hydrogen) atoms. The van der Waals surface area contributed by atoms with E-state index >= 15 is 0 Å². The monoisotopic (exact) mass is 300 g/mol. The van der Waals surface area contributed by atoms with Crippen LogP contribution in [0.2, 0.25) is 0 Å². The van der Waals surface area contributed by atoms with Crippen molar-refractivity contribution in [3.63, 3.8) is 0 Å². The fourth-order valence-electron chi connectivity index (χ4n) is 1.98. The van der Waals surface area contributed by atoms with Crippen LogP contribution >= 0.6 is 11.3 Å². The summed E-state index contributed by atoms with van der Waals surface area (Å²) in [6, 6.07) is 0. The lowest BCUT2D eigenvalue weighted by atomic mass is 10.2. The van der Waals surface area contributed by atoms with Gasteiger partial charge in [-0.05, 0) is 0 Å². The highest BCUT2D eigenvalue weighted by Crippen LogP contribution is 2.16. The molecule has 1 aromatic heterocycles. The molecular formula is C12H16N2O5S. The van der Waals surface area contributed by atoms with E-state index in [1.165, 1.54) is 11.3 Å². The van der Waals surface area contributed by atoms with Crippen molar-refractivity contribution in [2.75, 3.05) is 26.8 Å². The zero-order valence-corrected chi connectivity index (χ0v) is 11.9. The summed E-state index contributed by atoms with van der Waals surface area (Å²) < 4.78 is 10.3. The Morgan fingerprint density at radius 1 is 1.65 bits per heavy atom. The summed E-state index contributed by atoms with van der Waals surface area (Å²) in [5.41, 5.74) is 0.373. The van der Waals surface area contributed by atoms with Crippen molar-refractivity contribution in [3.8, 4) is 0 Å². The average Bonchev–Trinajstić information content (AvgIpc) is 2.86. The number of morpholine rings is 1. The number of aromatic nitrogens is 1.